The van der Waals surface area contributed by atoms with Gasteiger partial charge in [0.2, 0.25) is 0 Å². The van der Waals surface area contributed by atoms with Crippen LogP contribution in [0.25, 0.3) is 5.57 Å². The summed E-state index contributed by atoms with van der Waals surface area (Å²) in [5, 5.41) is 18.4. The fourth-order valence-electron chi connectivity index (χ4n) is 1.64. The van der Waals surface area contributed by atoms with E-state index in [-0.39, 0.29) is 12.2 Å². The van der Waals surface area contributed by atoms with E-state index in [9.17, 15) is 14.7 Å². The standard InChI is InChI=1S/C15H18O6/c1-3-4-8-20-21-13(15(18)19)12(14(16)17)11-7-5-6-10(2)9-11/h5-7,9H,3-4,8H2,1-2H3,(H,16,17)(H,18,19). The van der Waals surface area contributed by atoms with Crippen LogP contribution in [0.4, 0.5) is 0 Å². The number of carbonyl (C=O) groups is 2. The molecule has 0 unspecified atom stereocenters. The van der Waals surface area contributed by atoms with Gasteiger partial charge < -0.3 is 15.1 Å². The van der Waals surface area contributed by atoms with Gasteiger partial charge in [-0.15, -0.1) is 0 Å². The predicted molar refractivity (Wildman–Crippen MR) is 75.3 cm³/mol. The summed E-state index contributed by atoms with van der Waals surface area (Å²) in [5.74, 6) is -3.62. The number of hydrogen-bond acceptors (Lipinski definition) is 4. The summed E-state index contributed by atoms with van der Waals surface area (Å²) >= 11 is 0. The van der Waals surface area contributed by atoms with Crippen LogP contribution >= 0.6 is 0 Å². The molecule has 0 spiro atoms. The molecule has 0 atom stereocenters. The second-order valence-corrected chi connectivity index (χ2v) is 4.44. The minimum Gasteiger partial charge on any atom is -0.478 e. The molecule has 6 heteroatoms. The van der Waals surface area contributed by atoms with Crippen LogP contribution < -0.4 is 0 Å². The molecule has 0 fully saturated rings. The molecule has 0 bridgehead atoms. The quantitative estimate of drug-likeness (QED) is 0.252. The predicted octanol–water partition coefficient (Wildman–Crippen LogP) is 2.62. The van der Waals surface area contributed by atoms with Crippen LogP contribution in [0.5, 0.6) is 0 Å². The number of carboxylic acid groups (broad SMARTS) is 2. The third-order valence-electron chi connectivity index (χ3n) is 2.67. The van der Waals surface area contributed by atoms with Gasteiger partial charge in [-0.2, -0.15) is 4.89 Å². The largest absolute Gasteiger partial charge is 0.478 e. The van der Waals surface area contributed by atoms with E-state index in [1.54, 1.807) is 25.1 Å². The maximum absolute atomic E-state index is 11.4. The van der Waals surface area contributed by atoms with E-state index in [2.05, 4.69) is 0 Å². The first-order valence-corrected chi connectivity index (χ1v) is 6.54. The molecule has 1 rings (SSSR count). The van der Waals surface area contributed by atoms with Crippen molar-refractivity contribution in [3.63, 3.8) is 0 Å². The summed E-state index contributed by atoms with van der Waals surface area (Å²) in [4.78, 5) is 32.1. The monoisotopic (exact) mass is 294 g/mol. The van der Waals surface area contributed by atoms with Gasteiger partial charge in [-0.1, -0.05) is 43.2 Å². The third kappa shape index (κ3) is 4.92. The molecule has 0 aliphatic rings. The number of hydrogen-bond donors (Lipinski definition) is 2. The zero-order chi connectivity index (χ0) is 15.8. The molecule has 0 saturated carbocycles. The molecule has 2 N–H and O–H groups in total. The second kappa shape index (κ2) is 8.06. The summed E-state index contributed by atoms with van der Waals surface area (Å²) in [5.41, 5.74) is 0.615. The first kappa shape index (κ1) is 16.7. The molecule has 0 saturated heterocycles. The first-order valence-electron chi connectivity index (χ1n) is 6.54. The smallest absolute Gasteiger partial charge is 0.376 e. The lowest BCUT2D eigenvalue weighted by atomic mass is 10.0. The molecule has 0 radical (unpaired) electrons. The highest BCUT2D eigenvalue weighted by Gasteiger charge is 2.25. The van der Waals surface area contributed by atoms with Gasteiger partial charge in [0.15, 0.2) is 0 Å². The van der Waals surface area contributed by atoms with Gasteiger partial charge in [-0.25, -0.2) is 9.59 Å². The molecule has 1 aromatic rings. The Kier molecular flexibility index (Phi) is 6.42. The van der Waals surface area contributed by atoms with Crippen LogP contribution in [0.2, 0.25) is 0 Å². The number of carboxylic acids is 2. The van der Waals surface area contributed by atoms with Gasteiger partial charge in [-0.3, -0.25) is 0 Å². The van der Waals surface area contributed by atoms with Crippen molar-refractivity contribution >= 4 is 17.5 Å². The fourth-order valence-corrected chi connectivity index (χ4v) is 1.64. The van der Waals surface area contributed by atoms with Crippen LogP contribution in [0.1, 0.15) is 30.9 Å². The summed E-state index contributed by atoms with van der Waals surface area (Å²) in [6, 6.07) is 6.50. The summed E-state index contributed by atoms with van der Waals surface area (Å²) in [6.45, 7) is 3.91. The average Bonchev–Trinajstić information content (AvgIpc) is 2.41. The van der Waals surface area contributed by atoms with Crippen LogP contribution in [-0.2, 0) is 19.4 Å². The van der Waals surface area contributed by atoms with Crippen LogP contribution in [0, 0.1) is 6.92 Å². The Balaban J connectivity index is 3.16. The van der Waals surface area contributed by atoms with Crippen molar-refractivity contribution in [1.29, 1.82) is 0 Å². The molecule has 0 amide bonds. The Morgan fingerprint density at radius 3 is 2.43 bits per heavy atom. The Morgan fingerprint density at radius 1 is 1.19 bits per heavy atom. The summed E-state index contributed by atoms with van der Waals surface area (Å²) in [6.07, 6.45) is 1.53. The first-order chi connectivity index (χ1) is 9.97. The van der Waals surface area contributed by atoms with Crippen molar-refractivity contribution < 1.29 is 29.6 Å². The highest BCUT2D eigenvalue weighted by Crippen LogP contribution is 2.22. The van der Waals surface area contributed by atoms with E-state index in [1.807, 2.05) is 6.92 Å². The Morgan fingerprint density at radius 2 is 1.90 bits per heavy atom. The normalized spacial score (nSPS) is 11.7. The van der Waals surface area contributed by atoms with Gasteiger partial charge in [-0.05, 0) is 18.9 Å². The Hall–Kier alpha value is -2.34. The lowest BCUT2D eigenvalue weighted by Gasteiger charge is -2.10. The van der Waals surface area contributed by atoms with Gasteiger partial charge in [0.25, 0.3) is 5.76 Å². The van der Waals surface area contributed by atoms with E-state index in [4.69, 9.17) is 14.9 Å². The molecule has 0 aromatic heterocycles. The van der Waals surface area contributed by atoms with Crippen molar-refractivity contribution in [3.8, 4) is 0 Å². The van der Waals surface area contributed by atoms with Crippen molar-refractivity contribution in [2.45, 2.75) is 26.7 Å². The molecular formula is C15H18O6. The SMILES string of the molecule is CCCCOOC(C(=O)O)=C(C(=O)O)c1cccc(C)c1. The zero-order valence-electron chi connectivity index (χ0n) is 12.0. The molecule has 0 aliphatic heterocycles. The molecule has 21 heavy (non-hydrogen) atoms. The zero-order valence-corrected chi connectivity index (χ0v) is 12.0. The maximum atomic E-state index is 11.4. The van der Waals surface area contributed by atoms with Crippen LogP contribution in [-0.4, -0.2) is 28.8 Å². The van der Waals surface area contributed by atoms with E-state index in [0.717, 1.165) is 12.0 Å². The van der Waals surface area contributed by atoms with Crippen molar-refractivity contribution in [2.24, 2.45) is 0 Å². The van der Waals surface area contributed by atoms with Gasteiger partial charge in [0.1, 0.15) is 5.57 Å². The van der Waals surface area contributed by atoms with Crippen LogP contribution in [0.3, 0.4) is 0 Å². The van der Waals surface area contributed by atoms with Gasteiger partial charge >= 0.3 is 11.9 Å². The maximum Gasteiger partial charge on any atom is 0.376 e. The Bertz CT molecular complexity index is 547. The summed E-state index contributed by atoms with van der Waals surface area (Å²) in [7, 11) is 0. The summed E-state index contributed by atoms with van der Waals surface area (Å²) < 4.78 is 0. The van der Waals surface area contributed by atoms with Gasteiger partial charge in [0.05, 0.1) is 6.61 Å². The topological polar surface area (TPSA) is 93.1 Å². The van der Waals surface area contributed by atoms with E-state index in [0.29, 0.717) is 6.42 Å². The molecule has 114 valence electrons. The average molecular weight is 294 g/mol. The number of benzene rings is 1. The third-order valence-corrected chi connectivity index (χ3v) is 2.67. The highest BCUT2D eigenvalue weighted by atomic mass is 17.2. The van der Waals surface area contributed by atoms with Crippen molar-refractivity contribution in [2.75, 3.05) is 6.61 Å². The molecule has 1 aromatic carbocycles. The molecule has 6 nitrogen and oxygen atoms in total. The lowest BCUT2D eigenvalue weighted by Crippen LogP contribution is -2.14. The van der Waals surface area contributed by atoms with Crippen LogP contribution in [0.15, 0.2) is 30.0 Å². The molecule has 0 aliphatic carbocycles. The number of aryl methyl sites for hydroxylation is 1. The number of rotatable bonds is 8. The lowest BCUT2D eigenvalue weighted by molar-refractivity contribution is -0.263. The minimum absolute atomic E-state index is 0.188. The minimum atomic E-state index is -1.49. The molecular weight excluding hydrogens is 276 g/mol. The highest BCUT2D eigenvalue weighted by molar-refractivity contribution is 6.21. The second-order valence-electron chi connectivity index (χ2n) is 4.44. The van der Waals surface area contributed by atoms with E-state index >= 15 is 0 Å². The van der Waals surface area contributed by atoms with Crippen molar-refractivity contribution in [3.05, 3.63) is 41.2 Å². The van der Waals surface area contributed by atoms with E-state index in [1.165, 1.54) is 6.07 Å². The number of aliphatic carboxylic acids is 2. The van der Waals surface area contributed by atoms with Gasteiger partial charge in [0, 0.05) is 0 Å². The fraction of sp³-hybridized carbons (Fsp3) is 0.333. The van der Waals surface area contributed by atoms with E-state index < -0.39 is 23.3 Å². The molecule has 0 heterocycles. The number of unbranched alkanes of at least 4 members (excludes halogenated alkanes) is 1. The Labute approximate surface area is 122 Å². The van der Waals surface area contributed by atoms with Crippen molar-refractivity contribution in [1.82, 2.24) is 0 Å².